The second-order valence-corrected chi connectivity index (χ2v) is 16.0. The number of aliphatic hydroxyl groups is 3. The number of rotatable bonds is 32. The van der Waals surface area contributed by atoms with Gasteiger partial charge < -0.3 is 45.2 Å². The van der Waals surface area contributed by atoms with Gasteiger partial charge in [0.15, 0.2) is 6.23 Å². The number of hydrogen-bond donors (Lipinski definition) is 5. The molecule has 5 N–H and O–H groups in total. The van der Waals surface area contributed by atoms with Gasteiger partial charge in [-0.25, -0.2) is 4.79 Å². The van der Waals surface area contributed by atoms with E-state index in [-0.39, 0.29) is 25.5 Å². The molecular weight excluding hydrogens is 741 g/mol. The molecule has 13 heteroatoms. The van der Waals surface area contributed by atoms with Crippen LogP contribution >= 0.6 is 0 Å². The average molecular weight is 819 g/mol. The van der Waals surface area contributed by atoms with Gasteiger partial charge in [-0.15, -0.1) is 0 Å². The van der Waals surface area contributed by atoms with E-state index in [4.69, 9.17) is 9.47 Å². The van der Waals surface area contributed by atoms with Crippen molar-refractivity contribution in [1.82, 2.24) is 20.4 Å². The first-order valence-corrected chi connectivity index (χ1v) is 22.5. The number of benzene rings is 1. The van der Waals surface area contributed by atoms with Gasteiger partial charge in [-0.2, -0.15) is 0 Å². The molecule has 2 rings (SSSR count). The van der Waals surface area contributed by atoms with Crippen molar-refractivity contribution >= 4 is 23.8 Å². The van der Waals surface area contributed by atoms with Crippen LogP contribution in [0.2, 0.25) is 0 Å². The van der Waals surface area contributed by atoms with E-state index in [1.165, 1.54) is 90.5 Å². The lowest BCUT2D eigenvalue weighted by Crippen LogP contribution is -2.69. The van der Waals surface area contributed by atoms with Gasteiger partial charge in [-0.05, 0) is 18.4 Å². The Labute approximate surface area is 349 Å². The second kappa shape index (κ2) is 31.6. The summed E-state index contributed by atoms with van der Waals surface area (Å²) < 4.78 is 11.4. The lowest BCUT2D eigenvalue weighted by molar-refractivity contribution is -0.231. The van der Waals surface area contributed by atoms with Gasteiger partial charge in [-0.1, -0.05) is 166 Å². The molecule has 0 unspecified atom stereocenters. The van der Waals surface area contributed by atoms with Crippen LogP contribution in [-0.2, 0) is 30.5 Å². The SMILES string of the molecule is CCCCCCCCCCCCCCN(C(=O)CCCCCCCCCCC)[C@@H]1O[C@H](CO)[C@@H](O)[C@H](O)[C@H]1NC(=O)CNC(=O)CN(C)C(=O)OCc1ccccc1. The normalized spacial score (nSPS) is 19.0. The Hall–Kier alpha value is -3.26. The molecule has 1 heterocycles. The molecule has 332 valence electrons. The van der Waals surface area contributed by atoms with E-state index in [1.807, 2.05) is 30.3 Å². The molecular formula is C45H78N4O9. The van der Waals surface area contributed by atoms with Crippen LogP contribution in [0, 0.1) is 0 Å². The van der Waals surface area contributed by atoms with Gasteiger partial charge >= 0.3 is 6.09 Å². The fourth-order valence-corrected chi connectivity index (χ4v) is 7.35. The Morgan fingerprint density at radius 3 is 1.76 bits per heavy atom. The molecule has 0 aliphatic carbocycles. The smallest absolute Gasteiger partial charge is 0.410 e. The minimum absolute atomic E-state index is 0.0437. The van der Waals surface area contributed by atoms with Crippen LogP contribution in [0.1, 0.15) is 161 Å². The Morgan fingerprint density at radius 1 is 0.707 bits per heavy atom. The number of carbonyl (C=O) groups excluding carboxylic acids is 4. The maximum Gasteiger partial charge on any atom is 0.410 e. The van der Waals surface area contributed by atoms with E-state index < -0.39 is 61.6 Å². The van der Waals surface area contributed by atoms with Crippen LogP contribution in [0.4, 0.5) is 4.79 Å². The summed E-state index contributed by atoms with van der Waals surface area (Å²) in [6, 6.07) is 7.89. The molecule has 0 spiro atoms. The Kier molecular flexibility index (Phi) is 27.8. The summed E-state index contributed by atoms with van der Waals surface area (Å²) >= 11 is 0. The largest absolute Gasteiger partial charge is 0.445 e. The highest BCUT2D eigenvalue weighted by molar-refractivity contribution is 5.87. The third-order valence-corrected chi connectivity index (χ3v) is 10.9. The van der Waals surface area contributed by atoms with Crippen molar-refractivity contribution in [3.63, 3.8) is 0 Å². The maximum atomic E-state index is 13.9. The fourth-order valence-electron chi connectivity index (χ4n) is 7.35. The van der Waals surface area contributed by atoms with Gasteiger partial charge in [0.2, 0.25) is 17.7 Å². The Bertz CT molecular complexity index is 1260. The maximum absolute atomic E-state index is 13.9. The molecule has 13 nitrogen and oxygen atoms in total. The lowest BCUT2D eigenvalue weighted by atomic mass is 9.94. The monoisotopic (exact) mass is 819 g/mol. The highest BCUT2D eigenvalue weighted by atomic mass is 16.6. The van der Waals surface area contributed by atoms with Crippen LogP contribution in [0.3, 0.4) is 0 Å². The fraction of sp³-hybridized carbons (Fsp3) is 0.778. The Morgan fingerprint density at radius 2 is 1.22 bits per heavy atom. The molecule has 1 aromatic carbocycles. The van der Waals surface area contributed by atoms with E-state index in [9.17, 15) is 34.5 Å². The third kappa shape index (κ3) is 21.1. The molecule has 1 aliphatic rings. The first-order valence-electron chi connectivity index (χ1n) is 22.5. The molecule has 0 radical (unpaired) electrons. The minimum Gasteiger partial charge on any atom is -0.445 e. The van der Waals surface area contributed by atoms with Crippen LogP contribution in [0.5, 0.6) is 0 Å². The molecule has 1 aliphatic heterocycles. The van der Waals surface area contributed by atoms with Crippen LogP contribution in [-0.4, -0.2) is 113 Å². The minimum atomic E-state index is -1.56. The zero-order valence-electron chi connectivity index (χ0n) is 36.1. The van der Waals surface area contributed by atoms with Crippen LogP contribution in [0.25, 0.3) is 0 Å². The molecule has 58 heavy (non-hydrogen) atoms. The van der Waals surface area contributed by atoms with Crippen molar-refractivity contribution in [3.05, 3.63) is 35.9 Å². The second-order valence-electron chi connectivity index (χ2n) is 16.0. The summed E-state index contributed by atoms with van der Waals surface area (Å²) in [6.45, 7) is 3.36. The van der Waals surface area contributed by atoms with Crippen molar-refractivity contribution in [2.24, 2.45) is 0 Å². The van der Waals surface area contributed by atoms with E-state index in [2.05, 4.69) is 24.5 Å². The molecule has 5 atom stereocenters. The predicted octanol–water partition coefficient (Wildman–Crippen LogP) is 6.75. The molecule has 4 amide bonds. The number of nitrogens with one attached hydrogen (secondary N) is 2. The molecule has 1 aromatic rings. The molecule has 0 saturated carbocycles. The van der Waals surface area contributed by atoms with Gasteiger partial charge in [0.05, 0.1) is 13.2 Å². The number of ether oxygens (including phenoxy) is 2. The Balaban J connectivity index is 2.00. The van der Waals surface area contributed by atoms with Crippen LogP contribution in [0.15, 0.2) is 30.3 Å². The van der Waals surface area contributed by atoms with Crippen molar-refractivity contribution in [2.45, 2.75) is 192 Å². The first-order chi connectivity index (χ1) is 28.1. The molecule has 1 fully saturated rings. The quantitative estimate of drug-likeness (QED) is 0.0493. The summed E-state index contributed by atoms with van der Waals surface area (Å²) in [5.41, 5.74) is 0.797. The van der Waals surface area contributed by atoms with Crippen molar-refractivity contribution in [3.8, 4) is 0 Å². The van der Waals surface area contributed by atoms with Gasteiger partial charge in [-0.3, -0.25) is 14.4 Å². The van der Waals surface area contributed by atoms with E-state index in [0.717, 1.165) is 49.0 Å². The third-order valence-electron chi connectivity index (χ3n) is 10.9. The van der Waals surface area contributed by atoms with Crippen molar-refractivity contribution in [1.29, 1.82) is 0 Å². The van der Waals surface area contributed by atoms with E-state index in [0.29, 0.717) is 19.4 Å². The lowest BCUT2D eigenvalue weighted by Gasteiger charge is -2.47. The number of unbranched alkanes of at least 4 members (excludes halogenated alkanes) is 19. The van der Waals surface area contributed by atoms with Crippen molar-refractivity contribution < 1.29 is 44.0 Å². The molecule has 0 bridgehead atoms. The molecule has 0 aromatic heterocycles. The van der Waals surface area contributed by atoms with Crippen LogP contribution < -0.4 is 10.6 Å². The molecule has 1 saturated heterocycles. The summed E-state index contributed by atoms with van der Waals surface area (Å²) in [5.74, 6) is -1.48. The van der Waals surface area contributed by atoms with Gasteiger partial charge in [0.1, 0.15) is 37.5 Å². The van der Waals surface area contributed by atoms with Gasteiger partial charge in [0, 0.05) is 20.0 Å². The summed E-state index contributed by atoms with van der Waals surface area (Å²) in [5, 5.41) is 37.3. The number of carbonyl (C=O) groups is 4. The zero-order chi connectivity index (χ0) is 42.4. The predicted molar refractivity (Wildman–Crippen MR) is 227 cm³/mol. The average Bonchev–Trinajstić information content (AvgIpc) is 3.22. The van der Waals surface area contributed by atoms with Gasteiger partial charge in [0.25, 0.3) is 0 Å². The summed E-state index contributed by atoms with van der Waals surface area (Å²) in [4.78, 5) is 54.9. The number of likely N-dealkylation sites (N-methyl/N-ethyl adjacent to an activating group) is 1. The highest BCUT2D eigenvalue weighted by Gasteiger charge is 2.48. The van der Waals surface area contributed by atoms with E-state index >= 15 is 0 Å². The van der Waals surface area contributed by atoms with Crippen molar-refractivity contribution in [2.75, 3.05) is 33.3 Å². The highest BCUT2D eigenvalue weighted by Crippen LogP contribution is 2.26. The summed E-state index contributed by atoms with van der Waals surface area (Å²) in [6.07, 6.45) is 18.0. The topological polar surface area (TPSA) is 178 Å². The zero-order valence-corrected chi connectivity index (χ0v) is 36.1. The number of nitrogens with zero attached hydrogens (tertiary/aromatic N) is 2. The first kappa shape index (κ1) is 50.9. The number of amides is 4. The number of hydrogen-bond acceptors (Lipinski definition) is 9. The number of aliphatic hydroxyl groups excluding tert-OH is 3. The standard InChI is InChI=1S/C45H78N4O9/c1-4-6-8-10-12-14-15-16-18-20-22-27-31-49(40(53)30-26-21-19-17-13-11-9-7-5-2)44-41(43(55)42(54)37(34-50)58-44)47-38(51)32-46-39(52)33-48(3)45(56)57-35-36-28-24-23-25-29-36/h23-25,28-29,37,41-44,50,54-55H,4-22,26-27,30-35H2,1-3H3,(H,46,52)(H,47,51)/t37-,41-,42-,43-,44-/m1/s1. The van der Waals surface area contributed by atoms with E-state index in [1.54, 1.807) is 4.90 Å². The summed E-state index contributed by atoms with van der Waals surface area (Å²) in [7, 11) is 1.41.